The monoisotopic (exact) mass is 451 g/mol. The number of anilines is 2. The van der Waals surface area contributed by atoms with Crippen LogP contribution in [0.1, 0.15) is 29.3 Å². The average molecular weight is 452 g/mol. The molecule has 2 fully saturated rings. The van der Waals surface area contributed by atoms with Crippen LogP contribution in [0.2, 0.25) is 0 Å². The first-order valence-corrected chi connectivity index (χ1v) is 11.3. The Morgan fingerprint density at radius 3 is 2.42 bits per heavy atom. The fourth-order valence-corrected chi connectivity index (χ4v) is 4.08. The van der Waals surface area contributed by atoms with Gasteiger partial charge in [0.05, 0.1) is 31.3 Å². The second-order valence-corrected chi connectivity index (χ2v) is 8.25. The van der Waals surface area contributed by atoms with Crippen molar-refractivity contribution in [3.05, 3.63) is 59.7 Å². The molecule has 0 radical (unpaired) electrons. The van der Waals surface area contributed by atoms with Gasteiger partial charge in [0.25, 0.3) is 0 Å². The van der Waals surface area contributed by atoms with E-state index in [0.29, 0.717) is 24.4 Å². The lowest BCUT2D eigenvalue weighted by Crippen LogP contribution is -2.35. The van der Waals surface area contributed by atoms with Gasteiger partial charge in [-0.3, -0.25) is 14.5 Å². The molecule has 1 unspecified atom stereocenters. The number of nitrogens with zero attached hydrogens (tertiary/aromatic N) is 2. The minimum atomic E-state index is -0.435. The van der Waals surface area contributed by atoms with E-state index in [1.54, 1.807) is 36.1 Å². The van der Waals surface area contributed by atoms with Crippen molar-refractivity contribution in [3.63, 3.8) is 0 Å². The van der Waals surface area contributed by atoms with Crippen LogP contribution in [0.25, 0.3) is 0 Å². The molecule has 8 heteroatoms. The Labute approximate surface area is 193 Å². The zero-order chi connectivity index (χ0) is 23.2. The Kier molecular flexibility index (Phi) is 7.36. The number of nitrogens with one attached hydrogen (secondary N) is 1. The molecule has 2 saturated heterocycles. The predicted molar refractivity (Wildman–Crippen MR) is 124 cm³/mol. The van der Waals surface area contributed by atoms with Gasteiger partial charge in [0.15, 0.2) is 0 Å². The second kappa shape index (κ2) is 10.6. The van der Waals surface area contributed by atoms with E-state index in [0.717, 1.165) is 38.5 Å². The number of amides is 2. The number of carbonyl (C=O) groups excluding carboxylic acids is 3. The number of morpholine rings is 1. The number of esters is 1. The van der Waals surface area contributed by atoms with Gasteiger partial charge in [0.1, 0.15) is 0 Å². The highest BCUT2D eigenvalue weighted by Gasteiger charge is 2.35. The Morgan fingerprint density at radius 2 is 1.76 bits per heavy atom. The van der Waals surface area contributed by atoms with Gasteiger partial charge >= 0.3 is 5.97 Å². The lowest BCUT2D eigenvalue weighted by atomic mass is 10.1. The van der Waals surface area contributed by atoms with Gasteiger partial charge in [-0.2, -0.15) is 0 Å². The molecule has 0 aliphatic carbocycles. The van der Waals surface area contributed by atoms with E-state index in [1.807, 2.05) is 24.3 Å². The van der Waals surface area contributed by atoms with E-state index in [1.165, 1.54) is 5.56 Å². The van der Waals surface area contributed by atoms with Crippen LogP contribution < -0.4 is 10.2 Å². The molecule has 2 aromatic rings. The molecule has 8 nitrogen and oxygen atoms in total. The van der Waals surface area contributed by atoms with Crippen LogP contribution in [0.15, 0.2) is 48.5 Å². The van der Waals surface area contributed by atoms with Crippen LogP contribution in [0.5, 0.6) is 0 Å². The minimum Gasteiger partial charge on any atom is -0.462 e. The van der Waals surface area contributed by atoms with E-state index < -0.39 is 11.9 Å². The zero-order valence-electron chi connectivity index (χ0n) is 18.8. The Bertz CT molecular complexity index is 984. The molecule has 2 aliphatic rings. The molecule has 4 rings (SSSR count). The number of ether oxygens (including phenoxy) is 2. The molecular weight excluding hydrogens is 422 g/mol. The van der Waals surface area contributed by atoms with Crippen LogP contribution in [0.3, 0.4) is 0 Å². The fraction of sp³-hybridized carbons (Fsp3) is 0.400. The summed E-state index contributed by atoms with van der Waals surface area (Å²) in [6.07, 6.45) is 0.153. The first kappa shape index (κ1) is 22.9. The summed E-state index contributed by atoms with van der Waals surface area (Å²) in [6, 6.07) is 14.5. The van der Waals surface area contributed by atoms with Crippen LogP contribution in [-0.4, -0.2) is 62.1 Å². The largest absolute Gasteiger partial charge is 0.462 e. The predicted octanol–water partition coefficient (Wildman–Crippen LogP) is 2.69. The molecule has 2 heterocycles. The first-order chi connectivity index (χ1) is 16.0. The summed E-state index contributed by atoms with van der Waals surface area (Å²) in [5.74, 6) is -1.12. The quantitative estimate of drug-likeness (QED) is 0.652. The second-order valence-electron chi connectivity index (χ2n) is 8.25. The third-order valence-electron chi connectivity index (χ3n) is 5.92. The highest BCUT2D eigenvalue weighted by Crippen LogP contribution is 2.26. The summed E-state index contributed by atoms with van der Waals surface area (Å²) in [4.78, 5) is 41.1. The standard InChI is InChI=1S/C25H29N3O5/c1-2-33-25(31)19-5-9-22(10-6-19)28-17-20(15-23(28)29)24(30)26-21-7-3-18(4-8-21)16-27-11-13-32-14-12-27/h3-10,20H,2,11-17H2,1H3,(H,26,30). The number of benzene rings is 2. The maximum atomic E-state index is 12.8. The van der Waals surface area contributed by atoms with Gasteiger partial charge in [-0.05, 0) is 48.9 Å². The Morgan fingerprint density at radius 1 is 1.06 bits per heavy atom. The van der Waals surface area contributed by atoms with E-state index in [-0.39, 0.29) is 18.2 Å². The van der Waals surface area contributed by atoms with Gasteiger partial charge < -0.3 is 19.7 Å². The molecule has 1 atom stereocenters. The molecule has 0 bridgehead atoms. The number of carbonyl (C=O) groups is 3. The highest BCUT2D eigenvalue weighted by atomic mass is 16.5. The SMILES string of the molecule is CCOC(=O)c1ccc(N2CC(C(=O)Nc3ccc(CN4CCOCC4)cc3)CC2=O)cc1. The molecule has 2 aromatic carbocycles. The first-order valence-electron chi connectivity index (χ1n) is 11.3. The molecule has 2 amide bonds. The summed E-state index contributed by atoms with van der Waals surface area (Å²) >= 11 is 0. The minimum absolute atomic E-state index is 0.111. The van der Waals surface area contributed by atoms with Crippen molar-refractivity contribution in [1.82, 2.24) is 4.90 Å². The van der Waals surface area contributed by atoms with Crippen molar-refractivity contribution < 1.29 is 23.9 Å². The van der Waals surface area contributed by atoms with Crippen LogP contribution in [0.4, 0.5) is 11.4 Å². The lowest BCUT2D eigenvalue weighted by Gasteiger charge is -2.26. The summed E-state index contributed by atoms with van der Waals surface area (Å²) < 4.78 is 10.4. The molecule has 0 aromatic heterocycles. The molecular formula is C25H29N3O5. The van der Waals surface area contributed by atoms with E-state index in [4.69, 9.17) is 9.47 Å². The van der Waals surface area contributed by atoms with E-state index in [9.17, 15) is 14.4 Å². The van der Waals surface area contributed by atoms with Crippen LogP contribution >= 0.6 is 0 Å². The van der Waals surface area contributed by atoms with Gasteiger partial charge in [0.2, 0.25) is 11.8 Å². The zero-order valence-corrected chi connectivity index (χ0v) is 18.8. The number of hydrogen-bond donors (Lipinski definition) is 1. The molecule has 174 valence electrons. The topological polar surface area (TPSA) is 88.2 Å². The fourth-order valence-electron chi connectivity index (χ4n) is 4.08. The van der Waals surface area contributed by atoms with Crippen molar-refractivity contribution in [2.75, 3.05) is 49.7 Å². The van der Waals surface area contributed by atoms with E-state index in [2.05, 4.69) is 10.2 Å². The summed E-state index contributed by atoms with van der Waals surface area (Å²) in [7, 11) is 0. The molecule has 2 aliphatic heterocycles. The van der Waals surface area contributed by atoms with Gasteiger partial charge in [-0.25, -0.2) is 4.79 Å². The van der Waals surface area contributed by atoms with Crippen LogP contribution in [0, 0.1) is 5.92 Å². The van der Waals surface area contributed by atoms with Crippen LogP contribution in [-0.2, 0) is 25.6 Å². The molecule has 0 spiro atoms. The Balaban J connectivity index is 1.32. The Hall–Kier alpha value is -3.23. The van der Waals surface area contributed by atoms with Gasteiger partial charge in [0, 0.05) is 44.0 Å². The number of hydrogen-bond acceptors (Lipinski definition) is 6. The van der Waals surface area contributed by atoms with Crippen molar-refractivity contribution in [1.29, 1.82) is 0 Å². The van der Waals surface area contributed by atoms with Gasteiger partial charge in [-0.1, -0.05) is 12.1 Å². The molecule has 33 heavy (non-hydrogen) atoms. The maximum Gasteiger partial charge on any atom is 0.338 e. The third-order valence-corrected chi connectivity index (χ3v) is 5.92. The highest BCUT2D eigenvalue weighted by molar-refractivity contribution is 6.03. The normalized spacial score (nSPS) is 18.9. The summed E-state index contributed by atoms with van der Waals surface area (Å²) in [6.45, 7) is 6.60. The van der Waals surface area contributed by atoms with E-state index >= 15 is 0 Å². The summed E-state index contributed by atoms with van der Waals surface area (Å²) in [5.41, 5.74) is 2.99. The smallest absolute Gasteiger partial charge is 0.338 e. The third kappa shape index (κ3) is 5.77. The number of rotatable bonds is 7. The van der Waals surface area contributed by atoms with Crippen molar-refractivity contribution in [2.24, 2.45) is 5.92 Å². The maximum absolute atomic E-state index is 12.8. The van der Waals surface area contributed by atoms with Crippen molar-refractivity contribution in [3.8, 4) is 0 Å². The molecule has 1 N–H and O–H groups in total. The van der Waals surface area contributed by atoms with Crippen molar-refractivity contribution >= 4 is 29.2 Å². The van der Waals surface area contributed by atoms with Gasteiger partial charge in [-0.15, -0.1) is 0 Å². The molecule has 0 saturated carbocycles. The van der Waals surface area contributed by atoms with Crippen molar-refractivity contribution in [2.45, 2.75) is 19.9 Å². The lowest BCUT2D eigenvalue weighted by molar-refractivity contribution is -0.122. The average Bonchev–Trinajstić information content (AvgIpc) is 3.23. The summed E-state index contributed by atoms with van der Waals surface area (Å²) in [5, 5.41) is 2.93.